The van der Waals surface area contributed by atoms with E-state index in [1.54, 1.807) is 4.98 Å². The van der Waals surface area contributed by atoms with Crippen molar-refractivity contribution in [3.8, 4) is 0 Å². The first-order valence-electron chi connectivity index (χ1n) is 4.09. The van der Waals surface area contributed by atoms with E-state index in [1.807, 2.05) is 0 Å². The largest absolute Gasteiger partial charge is 0.451 e. The SMILES string of the molecule is O=c1[nH]c(C(F)(F)F)nn2c(=O)cccc12. The predicted molar refractivity (Wildman–Crippen MR) is 47.1 cm³/mol. The average molecular weight is 231 g/mol. The highest BCUT2D eigenvalue weighted by molar-refractivity contribution is 5.42. The molecule has 2 aromatic rings. The van der Waals surface area contributed by atoms with E-state index in [0.29, 0.717) is 4.52 Å². The molecule has 0 aliphatic rings. The predicted octanol–water partition coefficient (Wildman–Crippen LogP) is 0.402. The second-order valence-corrected chi connectivity index (χ2v) is 2.96. The Morgan fingerprint density at radius 3 is 2.56 bits per heavy atom. The lowest BCUT2D eigenvalue weighted by atomic mass is 10.4. The Morgan fingerprint density at radius 2 is 1.94 bits per heavy atom. The second kappa shape index (κ2) is 3.19. The maximum Gasteiger partial charge on any atom is 0.451 e. The third-order valence-electron chi connectivity index (χ3n) is 1.86. The normalized spacial score (nSPS) is 11.9. The maximum absolute atomic E-state index is 12.3. The molecule has 0 aliphatic heterocycles. The minimum atomic E-state index is -4.80. The van der Waals surface area contributed by atoms with Crippen LogP contribution in [0.1, 0.15) is 5.82 Å². The van der Waals surface area contributed by atoms with E-state index in [2.05, 4.69) is 5.10 Å². The molecule has 0 atom stereocenters. The van der Waals surface area contributed by atoms with Crippen molar-refractivity contribution < 1.29 is 13.2 Å². The molecule has 5 nitrogen and oxygen atoms in total. The lowest BCUT2D eigenvalue weighted by Gasteiger charge is -2.05. The van der Waals surface area contributed by atoms with Crippen LogP contribution in [0.3, 0.4) is 0 Å². The summed E-state index contributed by atoms with van der Waals surface area (Å²) in [6.07, 6.45) is -4.80. The molecule has 1 N–H and O–H groups in total. The van der Waals surface area contributed by atoms with E-state index in [1.165, 1.54) is 12.1 Å². The molecule has 0 bridgehead atoms. The average Bonchev–Trinajstić information content (AvgIpc) is 2.18. The molecule has 0 aliphatic carbocycles. The molecule has 0 amide bonds. The Labute approximate surface area is 85.2 Å². The maximum atomic E-state index is 12.3. The van der Waals surface area contributed by atoms with Crippen LogP contribution in [0, 0.1) is 0 Å². The number of alkyl halides is 3. The van der Waals surface area contributed by atoms with Crippen LogP contribution in [0.5, 0.6) is 0 Å². The molecule has 0 aromatic carbocycles. The summed E-state index contributed by atoms with van der Waals surface area (Å²) in [6, 6.07) is 3.48. The Morgan fingerprint density at radius 1 is 1.25 bits per heavy atom. The van der Waals surface area contributed by atoms with Crippen LogP contribution < -0.4 is 11.1 Å². The summed E-state index contributed by atoms with van der Waals surface area (Å²) in [6.45, 7) is 0. The smallest absolute Gasteiger partial charge is 0.300 e. The van der Waals surface area contributed by atoms with Gasteiger partial charge in [-0.15, -0.1) is 5.10 Å². The van der Waals surface area contributed by atoms with Crippen molar-refractivity contribution in [2.24, 2.45) is 0 Å². The van der Waals surface area contributed by atoms with Crippen LogP contribution in [0.4, 0.5) is 13.2 Å². The molecular formula is C8H4F3N3O2. The monoisotopic (exact) mass is 231 g/mol. The molecule has 0 radical (unpaired) electrons. The van der Waals surface area contributed by atoms with E-state index < -0.39 is 23.1 Å². The third-order valence-corrected chi connectivity index (χ3v) is 1.86. The number of pyridine rings is 1. The molecule has 0 saturated carbocycles. The summed E-state index contributed by atoms with van der Waals surface area (Å²) >= 11 is 0. The number of aromatic nitrogens is 3. The Hall–Kier alpha value is -2.12. The zero-order valence-electron chi connectivity index (χ0n) is 7.58. The standard InChI is InChI=1S/C8H4F3N3O2/c9-8(10,11)7-12-6(16)4-2-1-3-5(15)14(4)13-7/h1-3H,(H,12,13,16). The number of nitrogens with one attached hydrogen (secondary N) is 1. The lowest BCUT2D eigenvalue weighted by Crippen LogP contribution is -2.28. The number of nitrogens with zero attached hydrogens (tertiary/aromatic N) is 2. The Balaban J connectivity index is 2.92. The summed E-state index contributed by atoms with van der Waals surface area (Å²) in [7, 11) is 0. The summed E-state index contributed by atoms with van der Waals surface area (Å²) in [5.41, 5.74) is -2.05. The van der Waals surface area contributed by atoms with Crippen LogP contribution in [-0.2, 0) is 6.18 Å². The first kappa shape index (κ1) is 10.4. The van der Waals surface area contributed by atoms with Gasteiger partial charge in [-0.05, 0) is 6.07 Å². The van der Waals surface area contributed by atoms with Gasteiger partial charge in [0, 0.05) is 6.07 Å². The molecule has 0 saturated heterocycles. The Bertz CT molecular complexity index is 656. The molecule has 0 spiro atoms. The van der Waals surface area contributed by atoms with E-state index in [4.69, 9.17) is 0 Å². The second-order valence-electron chi connectivity index (χ2n) is 2.96. The van der Waals surface area contributed by atoms with Crippen molar-refractivity contribution in [3.05, 3.63) is 44.7 Å². The highest BCUT2D eigenvalue weighted by atomic mass is 19.4. The van der Waals surface area contributed by atoms with Crippen LogP contribution in [-0.4, -0.2) is 14.6 Å². The van der Waals surface area contributed by atoms with Gasteiger partial charge < -0.3 is 0 Å². The van der Waals surface area contributed by atoms with Gasteiger partial charge >= 0.3 is 6.18 Å². The topological polar surface area (TPSA) is 67.2 Å². The van der Waals surface area contributed by atoms with Gasteiger partial charge in [0.05, 0.1) is 0 Å². The summed E-state index contributed by atoms with van der Waals surface area (Å²) in [5, 5.41) is 3.03. The zero-order valence-corrected chi connectivity index (χ0v) is 7.58. The minimum absolute atomic E-state index is 0.236. The van der Waals surface area contributed by atoms with Crippen molar-refractivity contribution in [1.29, 1.82) is 0 Å². The fourth-order valence-corrected chi connectivity index (χ4v) is 1.18. The molecule has 84 valence electrons. The zero-order chi connectivity index (χ0) is 11.9. The van der Waals surface area contributed by atoms with Crippen molar-refractivity contribution in [2.45, 2.75) is 6.18 Å². The fourth-order valence-electron chi connectivity index (χ4n) is 1.18. The molecule has 2 rings (SSSR count). The molecule has 8 heteroatoms. The van der Waals surface area contributed by atoms with Crippen molar-refractivity contribution in [2.75, 3.05) is 0 Å². The van der Waals surface area contributed by atoms with Crippen molar-refractivity contribution >= 4 is 5.52 Å². The van der Waals surface area contributed by atoms with E-state index in [-0.39, 0.29) is 5.52 Å². The number of fused-ring (bicyclic) bond motifs is 1. The Kier molecular flexibility index (Phi) is 2.07. The summed E-state index contributed by atoms with van der Waals surface area (Å²) in [4.78, 5) is 24.0. The van der Waals surface area contributed by atoms with E-state index in [9.17, 15) is 22.8 Å². The number of rotatable bonds is 0. The van der Waals surface area contributed by atoms with Crippen LogP contribution in [0.2, 0.25) is 0 Å². The van der Waals surface area contributed by atoms with Crippen LogP contribution in [0.15, 0.2) is 27.8 Å². The molecule has 2 aromatic heterocycles. The van der Waals surface area contributed by atoms with Crippen LogP contribution in [0.25, 0.3) is 5.52 Å². The van der Waals surface area contributed by atoms with Gasteiger partial charge in [0.15, 0.2) is 0 Å². The van der Waals surface area contributed by atoms with E-state index in [0.717, 1.165) is 6.07 Å². The van der Waals surface area contributed by atoms with Gasteiger partial charge in [-0.1, -0.05) is 6.07 Å². The van der Waals surface area contributed by atoms with Crippen molar-refractivity contribution in [1.82, 2.24) is 14.6 Å². The van der Waals surface area contributed by atoms with Gasteiger partial charge in [0.2, 0.25) is 5.82 Å². The van der Waals surface area contributed by atoms with Crippen molar-refractivity contribution in [3.63, 3.8) is 0 Å². The first-order valence-corrected chi connectivity index (χ1v) is 4.09. The van der Waals surface area contributed by atoms with Gasteiger partial charge in [0.1, 0.15) is 5.52 Å². The number of hydrogen-bond donors (Lipinski definition) is 1. The number of halogens is 3. The highest BCUT2D eigenvalue weighted by Crippen LogP contribution is 2.24. The number of H-pyrrole nitrogens is 1. The quantitative estimate of drug-likeness (QED) is 0.713. The molecule has 16 heavy (non-hydrogen) atoms. The van der Waals surface area contributed by atoms with E-state index >= 15 is 0 Å². The van der Waals surface area contributed by atoms with Crippen LogP contribution >= 0.6 is 0 Å². The highest BCUT2D eigenvalue weighted by Gasteiger charge is 2.35. The summed E-state index contributed by atoms with van der Waals surface area (Å²) in [5.74, 6) is -1.50. The fraction of sp³-hybridized carbons (Fsp3) is 0.125. The first-order chi connectivity index (χ1) is 7.39. The van der Waals surface area contributed by atoms with Gasteiger partial charge in [-0.2, -0.15) is 17.7 Å². The summed E-state index contributed by atoms with van der Waals surface area (Å²) < 4.78 is 37.3. The minimum Gasteiger partial charge on any atom is -0.300 e. The van der Waals surface area contributed by atoms with Gasteiger partial charge in [-0.3, -0.25) is 14.6 Å². The number of aromatic amines is 1. The van der Waals surface area contributed by atoms with Gasteiger partial charge in [0.25, 0.3) is 11.1 Å². The third kappa shape index (κ3) is 1.58. The molecule has 0 fully saturated rings. The van der Waals surface area contributed by atoms with Gasteiger partial charge in [-0.25, -0.2) is 0 Å². The molecule has 0 unspecified atom stereocenters. The number of hydrogen-bond acceptors (Lipinski definition) is 3. The molecular weight excluding hydrogens is 227 g/mol. The molecule has 2 heterocycles. The lowest BCUT2D eigenvalue weighted by molar-refractivity contribution is -0.145.